The van der Waals surface area contributed by atoms with E-state index >= 15 is 0 Å². The molecule has 0 saturated carbocycles. The number of halogens is 1. The number of nitrogens with zero attached hydrogens (tertiary/aromatic N) is 1. The molecular weight excluding hydrogens is 281 g/mol. The molecule has 0 saturated heterocycles. The molecule has 3 nitrogen and oxygen atoms in total. The smallest absolute Gasteiger partial charge is 0.170 e. The van der Waals surface area contributed by atoms with Crippen molar-refractivity contribution < 1.29 is 14.0 Å². The first kappa shape index (κ1) is 18.6. The molecule has 0 aliphatic carbocycles. The van der Waals surface area contributed by atoms with Crippen LogP contribution in [0.25, 0.3) is 11.0 Å². The van der Waals surface area contributed by atoms with Crippen molar-refractivity contribution in [3.05, 3.63) is 29.7 Å². The van der Waals surface area contributed by atoms with Crippen molar-refractivity contribution in [3.63, 3.8) is 0 Å². The van der Waals surface area contributed by atoms with Crippen LogP contribution >= 0.6 is 0 Å². The molecule has 1 unspecified atom stereocenters. The Labute approximate surface area is 132 Å². The molecule has 2 rings (SSSR count). The zero-order chi connectivity index (χ0) is 16.4. The Kier molecular flexibility index (Phi) is 8.75. The maximum atomic E-state index is 13.0. The summed E-state index contributed by atoms with van der Waals surface area (Å²) in [6, 6.07) is 4.44. The van der Waals surface area contributed by atoms with Gasteiger partial charge >= 0.3 is 0 Å². The summed E-state index contributed by atoms with van der Waals surface area (Å²) in [5, 5.41) is 13.9. The van der Waals surface area contributed by atoms with Crippen LogP contribution in [0.2, 0.25) is 0 Å². The molecule has 0 fully saturated rings. The third-order valence-electron chi connectivity index (χ3n) is 3.67. The first-order valence-corrected chi connectivity index (χ1v) is 8.33. The molecule has 0 amide bonds. The summed E-state index contributed by atoms with van der Waals surface area (Å²) in [7, 11) is 0. The number of hydrogen-bond acceptors (Lipinski definition) is 3. The van der Waals surface area contributed by atoms with Gasteiger partial charge in [0.2, 0.25) is 0 Å². The Morgan fingerprint density at radius 2 is 1.86 bits per heavy atom. The summed E-state index contributed by atoms with van der Waals surface area (Å²) in [5.74, 6) is -0.147. The summed E-state index contributed by atoms with van der Waals surface area (Å²) in [6.45, 7) is 6.64. The minimum absolute atomic E-state index is 0.125. The van der Waals surface area contributed by atoms with Crippen LogP contribution in [0.3, 0.4) is 0 Å². The average Bonchev–Trinajstić information content (AvgIpc) is 2.91. The number of aromatic nitrogens is 1. The highest BCUT2D eigenvalue weighted by atomic mass is 19.1. The second-order valence-electron chi connectivity index (χ2n) is 5.56. The average molecular weight is 309 g/mol. The second kappa shape index (κ2) is 10.3. The van der Waals surface area contributed by atoms with Crippen LogP contribution < -0.4 is 0 Å². The summed E-state index contributed by atoms with van der Waals surface area (Å²) in [4.78, 5) is 0. The van der Waals surface area contributed by atoms with E-state index in [1.54, 1.807) is 6.07 Å². The van der Waals surface area contributed by atoms with Crippen molar-refractivity contribution >= 4 is 11.0 Å². The fourth-order valence-corrected chi connectivity index (χ4v) is 2.50. The van der Waals surface area contributed by atoms with Crippen LogP contribution in [-0.4, -0.2) is 16.9 Å². The van der Waals surface area contributed by atoms with Gasteiger partial charge in [-0.25, -0.2) is 4.39 Å². The lowest BCUT2D eigenvalue weighted by molar-refractivity contribution is 0.269. The van der Waals surface area contributed by atoms with Gasteiger partial charge in [0.15, 0.2) is 5.58 Å². The Morgan fingerprint density at radius 3 is 2.41 bits per heavy atom. The SMILES string of the molecule is CCCC(CCO)c1noc2cc(F)ccc12.CCCCC. The van der Waals surface area contributed by atoms with E-state index in [4.69, 9.17) is 9.63 Å². The van der Waals surface area contributed by atoms with Crippen molar-refractivity contribution in [3.8, 4) is 0 Å². The molecule has 0 bridgehead atoms. The normalized spacial score (nSPS) is 12.0. The van der Waals surface area contributed by atoms with Crippen LogP contribution in [0, 0.1) is 5.82 Å². The molecule has 0 radical (unpaired) electrons. The quantitative estimate of drug-likeness (QED) is 0.741. The molecular formula is C18H28FNO2. The van der Waals surface area contributed by atoms with Crippen molar-refractivity contribution in [1.82, 2.24) is 5.16 Å². The van der Waals surface area contributed by atoms with Gasteiger partial charge in [0, 0.05) is 24.0 Å². The lowest BCUT2D eigenvalue weighted by Gasteiger charge is -2.11. The highest BCUT2D eigenvalue weighted by molar-refractivity contribution is 5.79. The highest BCUT2D eigenvalue weighted by Crippen LogP contribution is 2.30. The lowest BCUT2D eigenvalue weighted by atomic mass is 9.94. The van der Waals surface area contributed by atoms with Crippen molar-refractivity contribution in [2.45, 2.75) is 65.2 Å². The molecule has 0 spiro atoms. The van der Waals surface area contributed by atoms with Crippen LogP contribution in [0.1, 0.15) is 70.9 Å². The number of rotatable bonds is 7. The maximum absolute atomic E-state index is 13.0. The van der Waals surface area contributed by atoms with Gasteiger partial charge in [-0.05, 0) is 25.0 Å². The van der Waals surface area contributed by atoms with Gasteiger partial charge in [0.05, 0.1) is 5.69 Å². The highest BCUT2D eigenvalue weighted by Gasteiger charge is 2.18. The molecule has 2 aromatic rings. The standard InChI is InChI=1S/C13H16FNO2.C5H12/c1-2-3-9(6-7-16)13-11-5-4-10(14)8-12(11)17-15-13;1-3-5-4-2/h4-5,8-9,16H,2-3,6-7H2,1H3;3-5H2,1-2H3. The van der Waals surface area contributed by atoms with Gasteiger partial charge in [-0.3, -0.25) is 0 Å². The number of benzene rings is 1. The van der Waals surface area contributed by atoms with Gasteiger partial charge in [-0.15, -0.1) is 0 Å². The number of fused-ring (bicyclic) bond motifs is 1. The molecule has 1 N–H and O–H groups in total. The number of aliphatic hydroxyl groups excluding tert-OH is 1. The Morgan fingerprint density at radius 1 is 1.14 bits per heavy atom. The van der Waals surface area contributed by atoms with E-state index in [0.29, 0.717) is 12.0 Å². The fourth-order valence-electron chi connectivity index (χ4n) is 2.50. The predicted molar refractivity (Wildman–Crippen MR) is 88.5 cm³/mol. The van der Waals surface area contributed by atoms with E-state index in [9.17, 15) is 4.39 Å². The van der Waals surface area contributed by atoms with Gasteiger partial charge < -0.3 is 9.63 Å². The number of unbranched alkanes of at least 4 members (excludes halogenated alkanes) is 2. The summed E-state index contributed by atoms with van der Waals surface area (Å²) in [5.41, 5.74) is 1.30. The van der Waals surface area contributed by atoms with Crippen molar-refractivity contribution in [1.29, 1.82) is 0 Å². The summed E-state index contributed by atoms with van der Waals surface area (Å²) < 4.78 is 18.1. The second-order valence-corrected chi connectivity index (χ2v) is 5.56. The van der Waals surface area contributed by atoms with Crippen LogP contribution in [-0.2, 0) is 0 Å². The minimum Gasteiger partial charge on any atom is -0.396 e. The number of aliphatic hydroxyl groups is 1. The molecule has 1 aromatic heterocycles. The molecule has 1 heterocycles. The van der Waals surface area contributed by atoms with E-state index in [-0.39, 0.29) is 18.3 Å². The fraction of sp³-hybridized carbons (Fsp3) is 0.611. The van der Waals surface area contributed by atoms with E-state index in [2.05, 4.69) is 25.9 Å². The maximum Gasteiger partial charge on any atom is 0.170 e. The van der Waals surface area contributed by atoms with E-state index in [1.165, 1.54) is 31.4 Å². The van der Waals surface area contributed by atoms with Gasteiger partial charge in [-0.1, -0.05) is 51.6 Å². The first-order chi connectivity index (χ1) is 10.7. The first-order valence-electron chi connectivity index (χ1n) is 8.33. The van der Waals surface area contributed by atoms with Crippen LogP contribution in [0.5, 0.6) is 0 Å². The van der Waals surface area contributed by atoms with Crippen LogP contribution in [0.15, 0.2) is 22.7 Å². The van der Waals surface area contributed by atoms with E-state index in [1.807, 2.05) is 0 Å². The monoisotopic (exact) mass is 309 g/mol. The molecule has 22 heavy (non-hydrogen) atoms. The van der Waals surface area contributed by atoms with E-state index < -0.39 is 0 Å². The Hall–Kier alpha value is -1.42. The van der Waals surface area contributed by atoms with E-state index in [0.717, 1.165) is 23.9 Å². The largest absolute Gasteiger partial charge is 0.396 e. The van der Waals surface area contributed by atoms with Crippen molar-refractivity contribution in [2.24, 2.45) is 0 Å². The lowest BCUT2D eigenvalue weighted by Crippen LogP contribution is -2.02. The molecule has 1 aromatic carbocycles. The summed E-state index contributed by atoms with van der Waals surface area (Å²) >= 11 is 0. The summed E-state index contributed by atoms with van der Waals surface area (Å²) in [6.07, 6.45) is 6.69. The minimum atomic E-state index is -0.325. The zero-order valence-corrected chi connectivity index (χ0v) is 13.9. The molecule has 0 aliphatic heterocycles. The third-order valence-corrected chi connectivity index (χ3v) is 3.67. The molecule has 1 atom stereocenters. The Bertz CT molecular complexity index is 531. The Balaban J connectivity index is 0.000000422. The van der Waals surface area contributed by atoms with Gasteiger partial charge in [0.25, 0.3) is 0 Å². The molecule has 0 aliphatic rings. The topological polar surface area (TPSA) is 46.3 Å². The van der Waals surface area contributed by atoms with Crippen molar-refractivity contribution in [2.75, 3.05) is 6.61 Å². The molecule has 124 valence electrons. The zero-order valence-electron chi connectivity index (χ0n) is 13.9. The van der Waals surface area contributed by atoms with Gasteiger partial charge in [-0.2, -0.15) is 0 Å². The van der Waals surface area contributed by atoms with Crippen LogP contribution in [0.4, 0.5) is 4.39 Å². The number of hydrogen-bond donors (Lipinski definition) is 1. The predicted octanol–water partition coefficient (Wildman–Crippen LogP) is 5.43. The third kappa shape index (κ3) is 5.41. The van der Waals surface area contributed by atoms with Gasteiger partial charge in [0.1, 0.15) is 5.82 Å². The molecule has 4 heteroatoms.